The van der Waals surface area contributed by atoms with Gasteiger partial charge in [-0.15, -0.1) is 6.58 Å². The van der Waals surface area contributed by atoms with Crippen molar-refractivity contribution in [2.24, 2.45) is 0 Å². The summed E-state index contributed by atoms with van der Waals surface area (Å²) < 4.78 is 0. The summed E-state index contributed by atoms with van der Waals surface area (Å²) >= 11 is 0. The average Bonchev–Trinajstić information content (AvgIpc) is 1.82. The summed E-state index contributed by atoms with van der Waals surface area (Å²) in [6.45, 7) is 5.56. The maximum atomic E-state index is 10.1. The Bertz CT molecular complexity index is 112. The van der Waals surface area contributed by atoms with Crippen LogP contribution in [0, 0.1) is 0 Å². The van der Waals surface area contributed by atoms with Gasteiger partial charge in [-0.25, -0.2) is 0 Å². The maximum Gasteiger partial charge on any atom is 0.320 e. The van der Waals surface area contributed by atoms with E-state index < -0.39 is 12.0 Å². The largest absolute Gasteiger partial charge is 0.480 e. The van der Waals surface area contributed by atoms with Crippen molar-refractivity contribution in [1.29, 1.82) is 0 Å². The molecule has 9 heavy (non-hydrogen) atoms. The third kappa shape index (κ3) is 3.73. The topological polar surface area (TPSA) is 49.3 Å². The van der Waals surface area contributed by atoms with Gasteiger partial charge in [0.2, 0.25) is 0 Å². The monoisotopic (exact) mass is 129 g/mol. The molecular weight excluding hydrogens is 118 g/mol. The molecule has 0 bridgehead atoms. The molecule has 0 fully saturated rings. The number of carbonyl (C=O) groups is 1. The van der Waals surface area contributed by atoms with Gasteiger partial charge in [-0.2, -0.15) is 0 Å². The molecule has 0 aromatic heterocycles. The zero-order valence-corrected chi connectivity index (χ0v) is 5.42. The Morgan fingerprint density at radius 1 is 2.00 bits per heavy atom. The third-order valence-corrected chi connectivity index (χ3v) is 0.939. The molecule has 2 N–H and O–H groups in total. The smallest absolute Gasteiger partial charge is 0.320 e. The lowest BCUT2D eigenvalue weighted by molar-refractivity contribution is -0.138. The predicted molar refractivity (Wildman–Crippen MR) is 35.3 cm³/mol. The first-order valence-corrected chi connectivity index (χ1v) is 2.75. The van der Waals surface area contributed by atoms with Gasteiger partial charge in [0.05, 0.1) is 0 Å². The van der Waals surface area contributed by atoms with E-state index in [4.69, 9.17) is 5.11 Å². The Morgan fingerprint density at radius 3 is 2.89 bits per heavy atom. The highest BCUT2D eigenvalue weighted by Gasteiger charge is 2.06. The van der Waals surface area contributed by atoms with Crippen LogP contribution in [0.4, 0.5) is 0 Å². The van der Waals surface area contributed by atoms with Crippen molar-refractivity contribution in [3.05, 3.63) is 12.7 Å². The number of hydrogen-bond donors (Lipinski definition) is 2. The Balaban J connectivity index is 3.37. The molecule has 0 saturated carbocycles. The van der Waals surface area contributed by atoms with Crippen molar-refractivity contribution in [3.63, 3.8) is 0 Å². The molecule has 0 radical (unpaired) electrons. The van der Waals surface area contributed by atoms with E-state index in [9.17, 15) is 4.79 Å². The van der Waals surface area contributed by atoms with Gasteiger partial charge in [0.1, 0.15) is 6.04 Å². The summed E-state index contributed by atoms with van der Waals surface area (Å²) in [5.74, 6) is -0.836. The first-order valence-electron chi connectivity index (χ1n) is 2.75. The van der Waals surface area contributed by atoms with E-state index in [2.05, 4.69) is 11.9 Å². The van der Waals surface area contributed by atoms with Crippen LogP contribution >= 0.6 is 0 Å². The molecular formula is C6H11NO2. The van der Waals surface area contributed by atoms with Crippen LogP contribution in [0.5, 0.6) is 0 Å². The van der Waals surface area contributed by atoms with E-state index in [1.54, 1.807) is 13.0 Å². The second-order valence-corrected chi connectivity index (χ2v) is 1.76. The lowest BCUT2D eigenvalue weighted by atomic mass is 10.3. The van der Waals surface area contributed by atoms with Crippen LogP contribution < -0.4 is 5.32 Å². The molecule has 0 amide bonds. The van der Waals surface area contributed by atoms with Crippen molar-refractivity contribution in [2.75, 3.05) is 6.54 Å². The van der Waals surface area contributed by atoms with Crippen molar-refractivity contribution < 1.29 is 9.90 Å². The highest BCUT2D eigenvalue weighted by molar-refractivity contribution is 5.72. The summed E-state index contributed by atoms with van der Waals surface area (Å²) in [6.07, 6.45) is 1.62. The van der Waals surface area contributed by atoms with Gasteiger partial charge in [-0.05, 0) is 6.92 Å². The number of nitrogens with one attached hydrogen (secondary N) is 1. The molecule has 52 valence electrons. The van der Waals surface area contributed by atoms with E-state index in [-0.39, 0.29) is 0 Å². The molecule has 3 nitrogen and oxygen atoms in total. The summed E-state index contributed by atoms with van der Waals surface area (Å²) in [7, 11) is 0. The van der Waals surface area contributed by atoms with Gasteiger partial charge in [0.25, 0.3) is 0 Å². The Hall–Kier alpha value is -0.830. The SMILES string of the molecule is C=CCN[C@@H](C)C(=O)O. The van der Waals surface area contributed by atoms with E-state index >= 15 is 0 Å². The van der Waals surface area contributed by atoms with Gasteiger partial charge >= 0.3 is 5.97 Å². The molecule has 0 aromatic rings. The molecule has 0 spiro atoms. The van der Waals surface area contributed by atoms with E-state index in [0.717, 1.165) is 0 Å². The number of rotatable bonds is 4. The van der Waals surface area contributed by atoms with Crippen molar-refractivity contribution >= 4 is 5.97 Å². The standard InChI is InChI=1S/C6H11NO2/c1-3-4-7-5(2)6(8)9/h3,5,7H,1,4H2,2H3,(H,8,9)/t5-/m0/s1. The second-order valence-electron chi connectivity index (χ2n) is 1.76. The van der Waals surface area contributed by atoms with E-state index in [1.807, 2.05) is 0 Å². The second kappa shape index (κ2) is 4.09. The zero-order valence-electron chi connectivity index (χ0n) is 5.42. The first kappa shape index (κ1) is 8.17. The predicted octanol–water partition coefficient (Wildman–Crippen LogP) is 0.235. The number of aliphatic carboxylic acids is 1. The van der Waals surface area contributed by atoms with Gasteiger partial charge in [-0.3, -0.25) is 4.79 Å². The van der Waals surface area contributed by atoms with Crippen molar-refractivity contribution in [2.45, 2.75) is 13.0 Å². The molecule has 3 heteroatoms. The maximum absolute atomic E-state index is 10.1. The van der Waals surface area contributed by atoms with E-state index in [0.29, 0.717) is 6.54 Å². The molecule has 0 aromatic carbocycles. The molecule has 0 unspecified atom stereocenters. The van der Waals surface area contributed by atoms with E-state index in [1.165, 1.54) is 0 Å². The number of hydrogen-bond acceptors (Lipinski definition) is 2. The van der Waals surface area contributed by atoms with Crippen LogP contribution in [0.15, 0.2) is 12.7 Å². The quantitative estimate of drug-likeness (QED) is 0.534. The van der Waals surface area contributed by atoms with Crippen molar-refractivity contribution in [3.8, 4) is 0 Å². The fraction of sp³-hybridized carbons (Fsp3) is 0.500. The molecule has 0 rings (SSSR count). The van der Waals surface area contributed by atoms with Gasteiger partial charge in [0, 0.05) is 6.54 Å². The zero-order chi connectivity index (χ0) is 7.28. The van der Waals surface area contributed by atoms with Crippen molar-refractivity contribution in [1.82, 2.24) is 5.32 Å². The van der Waals surface area contributed by atoms with Crippen LogP contribution in [-0.4, -0.2) is 23.7 Å². The number of carboxylic acid groups (broad SMARTS) is 1. The normalized spacial score (nSPS) is 12.6. The number of carboxylic acids is 1. The summed E-state index contributed by atoms with van der Waals surface area (Å²) in [6, 6.07) is -0.483. The van der Waals surface area contributed by atoms with Crippen LogP contribution in [-0.2, 0) is 4.79 Å². The Labute approximate surface area is 54.4 Å². The minimum atomic E-state index is -0.836. The van der Waals surface area contributed by atoms with Crippen LogP contribution in [0.3, 0.4) is 0 Å². The third-order valence-electron chi connectivity index (χ3n) is 0.939. The fourth-order valence-electron chi connectivity index (χ4n) is 0.347. The summed E-state index contributed by atoms with van der Waals surface area (Å²) in [4.78, 5) is 10.1. The van der Waals surface area contributed by atoms with Gasteiger partial charge in [0.15, 0.2) is 0 Å². The lowest BCUT2D eigenvalue weighted by Crippen LogP contribution is -2.33. The Kier molecular flexibility index (Phi) is 3.71. The van der Waals surface area contributed by atoms with Crippen LogP contribution in [0.1, 0.15) is 6.92 Å². The van der Waals surface area contributed by atoms with Gasteiger partial charge in [-0.1, -0.05) is 6.08 Å². The highest BCUT2D eigenvalue weighted by atomic mass is 16.4. The molecule has 0 aliphatic carbocycles. The molecule has 0 saturated heterocycles. The molecule has 0 heterocycles. The summed E-state index contributed by atoms with van der Waals surface area (Å²) in [5.41, 5.74) is 0. The highest BCUT2D eigenvalue weighted by Crippen LogP contribution is 1.78. The molecule has 0 aliphatic heterocycles. The van der Waals surface area contributed by atoms with Crippen LogP contribution in [0.25, 0.3) is 0 Å². The first-order chi connectivity index (χ1) is 4.18. The Morgan fingerprint density at radius 2 is 2.56 bits per heavy atom. The lowest BCUT2D eigenvalue weighted by Gasteiger charge is -2.04. The minimum Gasteiger partial charge on any atom is -0.480 e. The van der Waals surface area contributed by atoms with Gasteiger partial charge < -0.3 is 10.4 Å². The fourth-order valence-corrected chi connectivity index (χ4v) is 0.347. The minimum absolute atomic E-state index is 0.483. The van der Waals surface area contributed by atoms with Crippen LogP contribution in [0.2, 0.25) is 0 Å². The summed E-state index contributed by atoms with van der Waals surface area (Å²) in [5, 5.41) is 11.0. The molecule has 1 atom stereocenters. The average molecular weight is 129 g/mol. The molecule has 0 aliphatic rings.